The van der Waals surface area contributed by atoms with Crippen LogP contribution in [0.5, 0.6) is 0 Å². The number of carbonyl (C=O) groups is 6. The number of aliphatic hydroxyl groups excluding tert-OH is 3. The van der Waals surface area contributed by atoms with Crippen LogP contribution in [-0.2, 0) is 42.9 Å². The number of amides is 1. The largest absolute Gasteiger partial charge is 0.456 e. The maximum atomic E-state index is 15.5. The van der Waals surface area contributed by atoms with Gasteiger partial charge in [-0.15, -0.1) is 0 Å². The first-order valence-corrected chi connectivity index (χ1v) is 20.6. The number of Topliss-reactive ketones (excluding diaryl/α,β-unsaturated/α-hetero) is 1. The molecule has 0 radical (unpaired) electrons. The molecule has 0 aromatic heterocycles. The first-order chi connectivity index (χ1) is 29.7. The molecule has 3 aromatic carbocycles. The highest BCUT2D eigenvalue weighted by molar-refractivity contribution is 5.96. The molecular weight excluding hydrogens is 819 g/mol. The Hall–Kier alpha value is -5.78. The Balaban J connectivity index is 1.40. The predicted octanol–water partition coefficient (Wildman–Crippen LogP) is 2.71. The highest BCUT2D eigenvalue weighted by Crippen LogP contribution is 2.64. The molecule has 63 heavy (non-hydrogen) atoms. The van der Waals surface area contributed by atoms with Gasteiger partial charge >= 0.3 is 23.9 Å². The van der Waals surface area contributed by atoms with Crippen LogP contribution in [0.2, 0.25) is 0 Å². The first-order valence-electron chi connectivity index (χ1n) is 20.6. The van der Waals surface area contributed by atoms with Gasteiger partial charge in [-0.25, -0.2) is 9.59 Å². The van der Waals surface area contributed by atoms with Crippen molar-refractivity contribution in [2.75, 3.05) is 6.61 Å². The molecule has 4 aliphatic rings. The summed E-state index contributed by atoms with van der Waals surface area (Å²) >= 11 is 0. The summed E-state index contributed by atoms with van der Waals surface area (Å²) in [5.74, 6) is -7.48. The van der Waals surface area contributed by atoms with Gasteiger partial charge < -0.3 is 49.4 Å². The van der Waals surface area contributed by atoms with Gasteiger partial charge in [-0.1, -0.05) is 80.6 Å². The molecule has 7 rings (SSSR count). The van der Waals surface area contributed by atoms with Crippen LogP contribution in [0.1, 0.15) is 80.3 Å². The van der Waals surface area contributed by atoms with Crippen LogP contribution in [0.4, 0.5) is 0 Å². The molecule has 2 saturated carbocycles. The van der Waals surface area contributed by atoms with Crippen molar-refractivity contribution < 1.29 is 72.9 Å². The third-order valence-corrected chi connectivity index (χ3v) is 13.5. The summed E-state index contributed by atoms with van der Waals surface area (Å²) in [5, 5.41) is 51.8. The summed E-state index contributed by atoms with van der Waals surface area (Å²) in [6, 6.07) is 22.6. The SMILES string of the molecule is CC(=O)OC1C(=O)C2(C)C(O)[C@H](O)[C@@H]3OC[C@@]3(OC(C)=O)C2C(OC(=O)c2ccccc2)[C@]2(O)C[C@H](OC(=O)C(O)C(NC(=O)c3ccccc3)c3ccccc3)C(C)=C1C2(C)C. The summed E-state index contributed by atoms with van der Waals surface area (Å²) in [4.78, 5) is 83.6. The average Bonchev–Trinajstić information content (AvgIpc) is 3.24. The maximum Gasteiger partial charge on any atom is 0.338 e. The van der Waals surface area contributed by atoms with Gasteiger partial charge in [0.25, 0.3) is 5.91 Å². The Kier molecular flexibility index (Phi) is 12.0. The van der Waals surface area contributed by atoms with E-state index in [4.69, 9.17) is 23.7 Å². The van der Waals surface area contributed by atoms with E-state index in [0.29, 0.717) is 5.56 Å². The van der Waals surface area contributed by atoms with Crippen molar-refractivity contribution >= 4 is 35.6 Å². The second-order valence-corrected chi connectivity index (χ2v) is 17.5. The van der Waals surface area contributed by atoms with Crippen LogP contribution in [0.3, 0.4) is 0 Å². The van der Waals surface area contributed by atoms with Gasteiger partial charge in [0.2, 0.25) is 0 Å². The van der Waals surface area contributed by atoms with Crippen LogP contribution in [0.15, 0.2) is 102 Å². The normalized spacial score (nSPS) is 32.7. The number of hydrogen-bond acceptors (Lipinski definition) is 15. The van der Waals surface area contributed by atoms with Crippen LogP contribution < -0.4 is 5.32 Å². The minimum Gasteiger partial charge on any atom is -0.456 e. The summed E-state index contributed by atoms with van der Waals surface area (Å²) in [6.45, 7) is 7.39. The predicted molar refractivity (Wildman–Crippen MR) is 219 cm³/mol. The van der Waals surface area contributed by atoms with Crippen LogP contribution in [0, 0.1) is 16.7 Å². The molecule has 7 unspecified atom stereocenters. The Morgan fingerprint density at radius 2 is 1.38 bits per heavy atom. The Labute approximate surface area is 363 Å². The summed E-state index contributed by atoms with van der Waals surface area (Å²) in [6.07, 6.45) is -13.5. The van der Waals surface area contributed by atoms with E-state index < -0.39 is 125 Å². The number of ketones is 1. The van der Waals surface area contributed by atoms with E-state index in [-0.39, 0.29) is 22.3 Å². The first kappa shape index (κ1) is 45.3. The lowest BCUT2D eigenvalue weighted by Crippen LogP contribution is -2.85. The van der Waals surface area contributed by atoms with Crippen LogP contribution >= 0.6 is 0 Å². The van der Waals surface area contributed by atoms with E-state index in [1.54, 1.807) is 78.9 Å². The number of ether oxygens (including phenoxy) is 5. The molecule has 3 aromatic rings. The minimum atomic E-state index is -2.48. The number of rotatable bonds is 10. The molecule has 16 heteroatoms. The third-order valence-electron chi connectivity index (χ3n) is 13.5. The van der Waals surface area contributed by atoms with E-state index >= 15 is 4.79 Å². The van der Waals surface area contributed by atoms with E-state index in [9.17, 15) is 44.4 Å². The van der Waals surface area contributed by atoms with Crippen LogP contribution in [0.25, 0.3) is 0 Å². The van der Waals surface area contributed by atoms with E-state index in [1.807, 2.05) is 0 Å². The maximum absolute atomic E-state index is 15.5. The van der Waals surface area contributed by atoms with Gasteiger partial charge in [-0.3, -0.25) is 19.2 Å². The number of esters is 4. The van der Waals surface area contributed by atoms with E-state index in [1.165, 1.54) is 39.8 Å². The molecule has 3 aliphatic carbocycles. The van der Waals surface area contributed by atoms with E-state index in [2.05, 4.69) is 5.32 Å². The zero-order valence-corrected chi connectivity index (χ0v) is 35.6. The van der Waals surface area contributed by atoms with Crippen molar-refractivity contribution in [2.24, 2.45) is 16.7 Å². The van der Waals surface area contributed by atoms with Gasteiger partial charge in [-0.05, 0) is 54.8 Å². The molecule has 3 fully saturated rings. The number of hydrogen-bond donors (Lipinski definition) is 5. The summed E-state index contributed by atoms with van der Waals surface area (Å²) in [5.41, 5.74) is -7.98. The highest BCUT2D eigenvalue weighted by Gasteiger charge is 2.80. The van der Waals surface area contributed by atoms with Gasteiger partial charge in [0.05, 0.1) is 35.6 Å². The molecular formula is C47H51NO15. The lowest BCUT2D eigenvalue weighted by atomic mass is 9.44. The van der Waals surface area contributed by atoms with Gasteiger partial charge in [-0.2, -0.15) is 0 Å². The molecule has 1 heterocycles. The van der Waals surface area contributed by atoms with Crippen molar-refractivity contribution in [1.29, 1.82) is 0 Å². The van der Waals surface area contributed by atoms with Crippen molar-refractivity contribution in [3.63, 3.8) is 0 Å². The lowest BCUT2D eigenvalue weighted by Gasteiger charge is -2.68. The van der Waals surface area contributed by atoms with Gasteiger partial charge in [0, 0.05) is 31.2 Å². The standard InChI is InChI=1S/C47H51NO15/c1-24-30(61-43(57)33(51)32(27-16-10-7-11-17-27)48-41(55)28-18-12-8-13-19-28)22-47(58)40(62-42(56)29-20-14-9-15-21-29)36-45(6,38(54)35(60-25(2)49)31(24)44(47,4)5)37(53)34(52)39-46(36,23-59-39)63-26(3)50/h7-21,30,32-37,39-40,51-53,58H,22-23H2,1-6H3,(H,48,55)/t30-,32?,33?,34-,35?,36?,37?,39-,40?,45?,46+,47+/m0/s1. The number of benzene rings is 3. The number of fused-ring (bicyclic) bond motifs is 5. The molecule has 16 nitrogen and oxygen atoms in total. The molecule has 12 atom stereocenters. The van der Waals surface area contributed by atoms with Crippen molar-refractivity contribution in [2.45, 2.75) is 108 Å². The summed E-state index contributed by atoms with van der Waals surface area (Å²) in [7, 11) is 0. The monoisotopic (exact) mass is 869 g/mol. The molecule has 1 amide bonds. The zero-order chi connectivity index (χ0) is 45.8. The zero-order valence-electron chi connectivity index (χ0n) is 35.6. The molecule has 1 aliphatic heterocycles. The van der Waals surface area contributed by atoms with Crippen molar-refractivity contribution in [1.82, 2.24) is 5.32 Å². The third kappa shape index (κ3) is 7.42. The number of carbonyl (C=O) groups excluding carboxylic acids is 6. The molecule has 2 bridgehead atoms. The Bertz CT molecular complexity index is 2320. The highest BCUT2D eigenvalue weighted by atomic mass is 16.6. The van der Waals surface area contributed by atoms with Crippen LogP contribution in [-0.4, -0.2) is 117 Å². The minimum absolute atomic E-state index is 0.0180. The Morgan fingerprint density at radius 3 is 1.92 bits per heavy atom. The fourth-order valence-electron chi connectivity index (χ4n) is 10.3. The summed E-state index contributed by atoms with van der Waals surface area (Å²) < 4.78 is 29.9. The fourth-order valence-corrected chi connectivity index (χ4v) is 10.3. The van der Waals surface area contributed by atoms with Crippen molar-refractivity contribution in [3.8, 4) is 0 Å². The quantitative estimate of drug-likeness (QED) is 0.112. The number of aliphatic hydroxyl groups is 4. The molecule has 5 N–H and O–H groups in total. The van der Waals surface area contributed by atoms with Gasteiger partial charge in [0.15, 0.2) is 23.6 Å². The smallest absolute Gasteiger partial charge is 0.338 e. The van der Waals surface area contributed by atoms with Crippen molar-refractivity contribution in [3.05, 3.63) is 119 Å². The molecule has 0 spiro atoms. The lowest BCUT2D eigenvalue weighted by molar-refractivity contribution is -0.369. The van der Waals surface area contributed by atoms with E-state index in [0.717, 1.165) is 13.8 Å². The molecule has 1 saturated heterocycles. The second-order valence-electron chi connectivity index (χ2n) is 17.5. The molecule has 334 valence electrons. The number of nitrogens with one attached hydrogen (secondary N) is 1. The van der Waals surface area contributed by atoms with Gasteiger partial charge in [0.1, 0.15) is 30.0 Å². The average molecular weight is 870 g/mol. The fraction of sp³-hybridized carbons (Fsp3) is 0.447. The Morgan fingerprint density at radius 1 is 0.810 bits per heavy atom. The second kappa shape index (κ2) is 16.7. The topological polar surface area (TPSA) is 242 Å².